The van der Waals surface area contributed by atoms with Crippen molar-refractivity contribution >= 4 is 43.5 Å². The molecule has 0 bridgehead atoms. The topological polar surface area (TPSA) is 74.7 Å². The van der Waals surface area contributed by atoms with Gasteiger partial charge in [-0.15, -0.1) is 0 Å². The monoisotopic (exact) mass is 381 g/mol. The highest BCUT2D eigenvalue weighted by atomic mass is 79.9. The van der Waals surface area contributed by atoms with Crippen molar-refractivity contribution in [2.45, 2.75) is 30.2 Å². The molecular weight excluding hydrogens is 370 g/mol. The first-order chi connectivity index (χ1) is 9.34. The quantitative estimate of drug-likeness (QED) is 0.872. The van der Waals surface area contributed by atoms with Crippen LogP contribution in [0.2, 0.25) is 5.02 Å². The van der Waals surface area contributed by atoms with Gasteiger partial charge >= 0.3 is 5.97 Å². The summed E-state index contributed by atoms with van der Waals surface area (Å²) in [5.74, 6) is -1.12. The molecule has 5 nitrogen and oxygen atoms in total. The van der Waals surface area contributed by atoms with E-state index in [-0.39, 0.29) is 16.5 Å². The van der Waals surface area contributed by atoms with E-state index in [1.165, 1.54) is 12.1 Å². The normalized spacial score (nSPS) is 20.8. The zero-order valence-corrected chi connectivity index (χ0v) is 13.6. The molecule has 1 aromatic carbocycles. The summed E-state index contributed by atoms with van der Waals surface area (Å²) in [6, 6.07) is 3.41. The predicted octanol–water partition coefficient (Wildman–Crippen LogP) is 2.73. The Kier molecular flexibility index (Phi) is 4.73. The minimum absolute atomic E-state index is 0.0597. The third kappa shape index (κ3) is 3.00. The third-order valence-electron chi connectivity index (χ3n) is 3.22. The van der Waals surface area contributed by atoms with Crippen molar-refractivity contribution in [1.82, 2.24) is 4.31 Å². The number of nitrogens with zero attached hydrogens (tertiary/aromatic N) is 1. The predicted molar refractivity (Wildman–Crippen MR) is 78.3 cm³/mol. The van der Waals surface area contributed by atoms with Crippen LogP contribution in [0.25, 0.3) is 0 Å². The third-order valence-corrected chi connectivity index (χ3v) is 6.10. The van der Waals surface area contributed by atoms with Crippen molar-refractivity contribution in [1.29, 1.82) is 0 Å². The Morgan fingerprint density at radius 1 is 1.40 bits per heavy atom. The number of carbonyl (C=O) groups is 1. The fraction of sp³-hybridized carbons (Fsp3) is 0.417. The number of hydrogen-bond acceptors (Lipinski definition) is 3. The number of carboxylic acids is 1. The van der Waals surface area contributed by atoms with E-state index < -0.39 is 22.0 Å². The smallest absolute Gasteiger partial charge is 0.322 e. The maximum Gasteiger partial charge on any atom is 0.322 e. The Bertz CT molecular complexity index is 634. The number of rotatable bonds is 3. The molecule has 0 saturated carbocycles. The SMILES string of the molecule is O=C(O)[C@H]1CCCCN1S(=O)(=O)c1ccc(Br)cc1Cl. The number of piperidine rings is 1. The van der Waals surface area contributed by atoms with E-state index in [1.807, 2.05) is 0 Å². The lowest BCUT2D eigenvalue weighted by molar-refractivity contribution is -0.142. The minimum atomic E-state index is -3.90. The lowest BCUT2D eigenvalue weighted by atomic mass is 10.1. The maximum atomic E-state index is 12.6. The standard InChI is InChI=1S/C12H13BrClNO4S/c13-8-4-5-11(9(14)7-8)20(18,19)15-6-2-1-3-10(15)12(16)17/h4-5,7,10H,1-3,6H2,(H,16,17)/t10-/m1/s1. The fourth-order valence-corrected chi connectivity index (χ4v) is 4.91. The molecule has 0 radical (unpaired) electrons. The maximum absolute atomic E-state index is 12.6. The second-order valence-corrected chi connectivity index (χ2v) is 7.72. The van der Waals surface area contributed by atoms with Gasteiger partial charge in [-0.05, 0) is 37.5 Å². The van der Waals surface area contributed by atoms with Crippen molar-refractivity contribution < 1.29 is 18.3 Å². The van der Waals surface area contributed by atoms with Crippen molar-refractivity contribution in [2.75, 3.05) is 6.54 Å². The van der Waals surface area contributed by atoms with Crippen LogP contribution < -0.4 is 0 Å². The summed E-state index contributed by atoms with van der Waals surface area (Å²) >= 11 is 9.18. The van der Waals surface area contributed by atoms with Crippen LogP contribution in [0.15, 0.2) is 27.6 Å². The largest absolute Gasteiger partial charge is 0.480 e. The van der Waals surface area contributed by atoms with Gasteiger partial charge in [0.05, 0.1) is 5.02 Å². The van der Waals surface area contributed by atoms with E-state index in [0.717, 1.165) is 4.31 Å². The van der Waals surface area contributed by atoms with Crippen LogP contribution in [0.5, 0.6) is 0 Å². The first kappa shape index (κ1) is 15.8. The van der Waals surface area contributed by atoms with Gasteiger partial charge in [0.25, 0.3) is 0 Å². The Morgan fingerprint density at radius 2 is 2.10 bits per heavy atom. The van der Waals surface area contributed by atoms with E-state index in [1.54, 1.807) is 6.07 Å². The van der Waals surface area contributed by atoms with Crippen LogP contribution in [-0.4, -0.2) is 36.4 Å². The molecule has 0 spiro atoms. The molecule has 2 rings (SSSR count). The fourth-order valence-electron chi connectivity index (χ4n) is 2.25. The summed E-state index contributed by atoms with van der Waals surface area (Å²) in [4.78, 5) is 11.2. The van der Waals surface area contributed by atoms with E-state index >= 15 is 0 Å². The van der Waals surface area contributed by atoms with E-state index in [9.17, 15) is 18.3 Å². The molecule has 0 aliphatic carbocycles. The average molecular weight is 383 g/mol. The van der Waals surface area contributed by atoms with Gasteiger partial charge in [0.1, 0.15) is 10.9 Å². The number of aliphatic carboxylic acids is 1. The molecule has 1 atom stereocenters. The second kappa shape index (κ2) is 6.01. The Morgan fingerprint density at radius 3 is 2.70 bits per heavy atom. The molecule has 110 valence electrons. The Hall–Kier alpha value is -0.630. The highest BCUT2D eigenvalue weighted by Crippen LogP contribution is 2.31. The van der Waals surface area contributed by atoms with E-state index in [0.29, 0.717) is 23.7 Å². The van der Waals surface area contributed by atoms with E-state index in [4.69, 9.17) is 11.6 Å². The molecule has 1 heterocycles. The van der Waals surface area contributed by atoms with Crippen LogP contribution in [0.4, 0.5) is 0 Å². The van der Waals surface area contributed by atoms with Gasteiger partial charge in [-0.1, -0.05) is 27.5 Å². The molecule has 1 N–H and O–H groups in total. The second-order valence-electron chi connectivity index (χ2n) is 4.54. The molecule has 1 aliphatic heterocycles. The molecule has 20 heavy (non-hydrogen) atoms. The number of sulfonamides is 1. The lowest BCUT2D eigenvalue weighted by Gasteiger charge is -2.32. The van der Waals surface area contributed by atoms with Crippen molar-refractivity contribution in [3.63, 3.8) is 0 Å². The number of hydrogen-bond donors (Lipinski definition) is 1. The first-order valence-corrected chi connectivity index (χ1v) is 8.65. The molecular formula is C12H13BrClNO4S. The summed E-state index contributed by atoms with van der Waals surface area (Å²) < 4.78 is 26.9. The van der Waals surface area contributed by atoms with Crippen LogP contribution >= 0.6 is 27.5 Å². The van der Waals surface area contributed by atoms with Crippen LogP contribution in [0, 0.1) is 0 Å². The summed E-state index contributed by atoms with van der Waals surface area (Å²) in [5, 5.41) is 9.26. The molecule has 1 aliphatic rings. The Labute approximate surface area is 130 Å². The van der Waals surface area contributed by atoms with E-state index in [2.05, 4.69) is 15.9 Å². The van der Waals surface area contributed by atoms with Gasteiger partial charge in [0.2, 0.25) is 10.0 Å². The molecule has 0 unspecified atom stereocenters. The van der Waals surface area contributed by atoms with Crippen molar-refractivity contribution in [3.8, 4) is 0 Å². The molecule has 8 heteroatoms. The van der Waals surface area contributed by atoms with Crippen LogP contribution in [0.1, 0.15) is 19.3 Å². The molecule has 1 saturated heterocycles. The van der Waals surface area contributed by atoms with Crippen molar-refractivity contribution in [3.05, 3.63) is 27.7 Å². The van der Waals surface area contributed by atoms with Crippen LogP contribution in [0.3, 0.4) is 0 Å². The van der Waals surface area contributed by atoms with Gasteiger partial charge < -0.3 is 5.11 Å². The number of carboxylic acid groups (broad SMARTS) is 1. The van der Waals surface area contributed by atoms with Crippen molar-refractivity contribution in [2.24, 2.45) is 0 Å². The van der Waals surface area contributed by atoms with Gasteiger partial charge in [0.15, 0.2) is 0 Å². The molecule has 0 aromatic heterocycles. The number of halogens is 2. The summed E-state index contributed by atoms with van der Waals surface area (Å²) in [5.41, 5.74) is 0. The highest BCUT2D eigenvalue weighted by Gasteiger charge is 2.38. The molecule has 1 aromatic rings. The summed E-state index contributed by atoms with van der Waals surface area (Å²) in [6.07, 6.45) is 1.68. The summed E-state index contributed by atoms with van der Waals surface area (Å²) in [6.45, 7) is 0.200. The van der Waals surface area contributed by atoms with Gasteiger partial charge in [-0.2, -0.15) is 4.31 Å². The molecule has 1 fully saturated rings. The minimum Gasteiger partial charge on any atom is -0.480 e. The van der Waals surface area contributed by atoms with Gasteiger partial charge in [-0.25, -0.2) is 8.42 Å². The first-order valence-electron chi connectivity index (χ1n) is 6.04. The van der Waals surface area contributed by atoms with Gasteiger partial charge in [0, 0.05) is 11.0 Å². The highest BCUT2D eigenvalue weighted by molar-refractivity contribution is 9.10. The molecule has 0 amide bonds. The average Bonchev–Trinajstić information content (AvgIpc) is 2.38. The lowest BCUT2D eigenvalue weighted by Crippen LogP contribution is -2.47. The Balaban J connectivity index is 2.45. The van der Waals surface area contributed by atoms with Gasteiger partial charge in [-0.3, -0.25) is 4.79 Å². The zero-order chi connectivity index (χ0) is 14.9. The zero-order valence-electron chi connectivity index (χ0n) is 10.4. The van der Waals surface area contributed by atoms with Crippen LogP contribution in [-0.2, 0) is 14.8 Å². The number of benzene rings is 1. The summed E-state index contributed by atoms with van der Waals surface area (Å²) in [7, 11) is -3.90.